The van der Waals surface area contributed by atoms with Crippen molar-refractivity contribution in [2.24, 2.45) is 0 Å². The van der Waals surface area contributed by atoms with E-state index in [1.165, 1.54) is 10.4 Å². The van der Waals surface area contributed by atoms with E-state index in [0.29, 0.717) is 5.56 Å². The van der Waals surface area contributed by atoms with E-state index < -0.39 is 0 Å². The fourth-order valence-electron chi connectivity index (χ4n) is 2.67. The SMILES string of the molecule is Cc1cc(C(=O)NC2CCCc3sccc32)ccc1O. The number of thiophene rings is 1. The van der Waals surface area contributed by atoms with Crippen molar-refractivity contribution < 1.29 is 9.90 Å². The molecular formula is C16H17NO2S. The van der Waals surface area contributed by atoms with Gasteiger partial charge >= 0.3 is 0 Å². The molecule has 0 spiro atoms. The third-order valence-corrected chi connectivity index (χ3v) is 4.81. The van der Waals surface area contributed by atoms with E-state index >= 15 is 0 Å². The molecule has 20 heavy (non-hydrogen) atoms. The summed E-state index contributed by atoms with van der Waals surface area (Å²) in [5.74, 6) is 0.150. The Balaban J connectivity index is 1.79. The summed E-state index contributed by atoms with van der Waals surface area (Å²) in [5.41, 5.74) is 2.59. The molecule has 3 nitrogen and oxygen atoms in total. The first-order chi connectivity index (χ1) is 9.65. The summed E-state index contributed by atoms with van der Waals surface area (Å²) in [6, 6.07) is 7.19. The Kier molecular flexibility index (Phi) is 3.49. The van der Waals surface area contributed by atoms with E-state index in [1.807, 2.05) is 0 Å². The smallest absolute Gasteiger partial charge is 0.251 e. The van der Waals surface area contributed by atoms with E-state index in [0.717, 1.165) is 24.8 Å². The molecule has 3 rings (SSSR count). The summed E-state index contributed by atoms with van der Waals surface area (Å²) in [7, 11) is 0. The molecule has 1 aromatic carbocycles. The maximum Gasteiger partial charge on any atom is 0.251 e. The molecule has 2 aromatic rings. The number of phenolic OH excluding ortho intramolecular Hbond substituents is 1. The maximum absolute atomic E-state index is 12.3. The van der Waals surface area contributed by atoms with Gasteiger partial charge in [0, 0.05) is 10.4 Å². The van der Waals surface area contributed by atoms with Crippen molar-refractivity contribution >= 4 is 17.2 Å². The number of amides is 1. The second kappa shape index (κ2) is 5.29. The molecule has 0 radical (unpaired) electrons. The van der Waals surface area contributed by atoms with Crippen LogP contribution in [-0.4, -0.2) is 11.0 Å². The Bertz CT molecular complexity index is 648. The van der Waals surface area contributed by atoms with Crippen molar-refractivity contribution in [1.82, 2.24) is 5.32 Å². The first-order valence-corrected chi connectivity index (χ1v) is 7.70. The Morgan fingerprint density at radius 2 is 2.25 bits per heavy atom. The highest BCUT2D eigenvalue weighted by molar-refractivity contribution is 7.10. The van der Waals surface area contributed by atoms with Gasteiger partial charge in [-0.3, -0.25) is 4.79 Å². The van der Waals surface area contributed by atoms with Crippen molar-refractivity contribution in [1.29, 1.82) is 0 Å². The molecule has 0 fully saturated rings. The van der Waals surface area contributed by atoms with Gasteiger partial charge in [0.25, 0.3) is 5.91 Å². The minimum absolute atomic E-state index is 0.0721. The van der Waals surface area contributed by atoms with Crippen molar-refractivity contribution in [2.45, 2.75) is 32.2 Å². The highest BCUT2D eigenvalue weighted by Crippen LogP contribution is 2.33. The summed E-state index contributed by atoms with van der Waals surface area (Å²) in [5, 5.41) is 14.7. The van der Waals surface area contributed by atoms with E-state index in [4.69, 9.17) is 0 Å². The van der Waals surface area contributed by atoms with E-state index in [-0.39, 0.29) is 17.7 Å². The van der Waals surface area contributed by atoms with Gasteiger partial charge in [0.05, 0.1) is 6.04 Å². The van der Waals surface area contributed by atoms with Crippen LogP contribution in [0.3, 0.4) is 0 Å². The lowest BCUT2D eigenvalue weighted by atomic mass is 9.94. The first-order valence-electron chi connectivity index (χ1n) is 6.82. The van der Waals surface area contributed by atoms with Crippen molar-refractivity contribution in [2.75, 3.05) is 0 Å². The number of aryl methyl sites for hydroxylation is 2. The molecule has 1 aromatic heterocycles. The van der Waals surface area contributed by atoms with Gasteiger partial charge in [0.15, 0.2) is 0 Å². The van der Waals surface area contributed by atoms with Gasteiger partial charge in [-0.15, -0.1) is 11.3 Å². The van der Waals surface area contributed by atoms with Gasteiger partial charge in [-0.05, 0) is 67.0 Å². The Morgan fingerprint density at radius 3 is 3.05 bits per heavy atom. The van der Waals surface area contributed by atoms with Crippen molar-refractivity contribution in [3.63, 3.8) is 0 Å². The number of carbonyl (C=O) groups excluding carboxylic acids is 1. The average Bonchev–Trinajstić information content (AvgIpc) is 2.91. The molecule has 0 bridgehead atoms. The second-order valence-electron chi connectivity index (χ2n) is 5.22. The zero-order valence-electron chi connectivity index (χ0n) is 11.3. The third kappa shape index (κ3) is 2.43. The van der Waals surface area contributed by atoms with E-state index in [2.05, 4.69) is 16.8 Å². The number of phenols is 1. The van der Waals surface area contributed by atoms with Crippen LogP contribution in [0.15, 0.2) is 29.6 Å². The van der Waals surface area contributed by atoms with Gasteiger partial charge in [0.1, 0.15) is 5.75 Å². The topological polar surface area (TPSA) is 49.3 Å². The van der Waals surface area contributed by atoms with Gasteiger partial charge in [-0.1, -0.05) is 0 Å². The van der Waals surface area contributed by atoms with E-state index in [1.54, 1.807) is 36.5 Å². The van der Waals surface area contributed by atoms with Crippen LogP contribution in [0.1, 0.15) is 45.2 Å². The van der Waals surface area contributed by atoms with Crippen molar-refractivity contribution in [3.05, 3.63) is 51.2 Å². The second-order valence-corrected chi connectivity index (χ2v) is 6.22. The van der Waals surface area contributed by atoms with E-state index in [9.17, 15) is 9.90 Å². The molecule has 0 aliphatic heterocycles. The van der Waals surface area contributed by atoms with Crippen LogP contribution in [0.4, 0.5) is 0 Å². The Labute approximate surface area is 122 Å². The molecule has 1 atom stereocenters. The molecule has 1 aliphatic rings. The zero-order valence-corrected chi connectivity index (χ0v) is 12.2. The standard InChI is InChI=1S/C16H17NO2S/c1-10-9-11(5-6-14(10)18)16(19)17-13-3-2-4-15-12(13)7-8-20-15/h5-9,13,18H,2-4H2,1H3,(H,17,19). The highest BCUT2D eigenvalue weighted by atomic mass is 32.1. The predicted molar refractivity (Wildman–Crippen MR) is 80.3 cm³/mol. The molecule has 104 valence electrons. The minimum atomic E-state index is -0.0721. The molecule has 0 saturated heterocycles. The van der Waals surface area contributed by atoms with Crippen LogP contribution < -0.4 is 5.32 Å². The highest BCUT2D eigenvalue weighted by Gasteiger charge is 2.23. The average molecular weight is 287 g/mol. The number of carbonyl (C=O) groups is 1. The van der Waals surface area contributed by atoms with Gasteiger partial charge in [0.2, 0.25) is 0 Å². The maximum atomic E-state index is 12.3. The molecule has 0 saturated carbocycles. The Morgan fingerprint density at radius 1 is 1.40 bits per heavy atom. The number of hydrogen-bond acceptors (Lipinski definition) is 3. The Hall–Kier alpha value is -1.81. The third-order valence-electron chi connectivity index (χ3n) is 3.82. The number of rotatable bonds is 2. The van der Waals surface area contributed by atoms with Gasteiger partial charge in [-0.2, -0.15) is 0 Å². The monoisotopic (exact) mass is 287 g/mol. The normalized spacial score (nSPS) is 17.6. The molecule has 1 amide bonds. The van der Waals surface area contributed by atoms with Gasteiger partial charge < -0.3 is 10.4 Å². The minimum Gasteiger partial charge on any atom is -0.508 e. The molecule has 1 unspecified atom stereocenters. The molecule has 4 heteroatoms. The largest absolute Gasteiger partial charge is 0.508 e. The van der Waals surface area contributed by atoms with Gasteiger partial charge in [-0.25, -0.2) is 0 Å². The summed E-state index contributed by atoms with van der Waals surface area (Å²) >= 11 is 1.77. The number of hydrogen-bond donors (Lipinski definition) is 2. The zero-order chi connectivity index (χ0) is 14.1. The fraction of sp³-hybridized carbons (Fsp3) is 0.312. The summed E-state index contributed by atoms with van der Waals surface area (Å²) in [6.07, 6.45) is 3.23. The number of nitrogens with one attached hydrogen (secondary N) is 1. The number of fused-ring (bicyclic) bond motifs is 1. The summed E-state index contributed by atoms with van der Waals surface area (Å²) in [6.45, 7) is 1.80. The van der Waals surface area contributed by atoms with Crippen LogP contribution in [0, 0.1) is 6.92 Å². The molecule has 1 heterocycles. The number of benzene rings is 1. The quantitative estimate of drug-likeness (QED) is 0.887. The lowest BCUT2D eigenvalue weighted by molar-refractivity contribution is 0.0933. The van der Waals surface area contributed by atoms with Crippen LogP contribution in [0.2, 0.25) is 0 Å². The molecule has 2 N–H and O–H groups in total. The van der Waals surface area contributed by atoms with Crippen LogP contribution in [0.5, 0.6) is 5.75 Å². The lowest BCUT2D eigenvalue weighted by Crippen LogP contribution is -2.30. The summed E-state index contributed by atoms with van der Waals surface area (Å²) in [4.78, 5) is 13.7. The fourth-order valence-corrected chi connectivity index (χ4v) is 3.66. The summed E-state index contributed by atoms with van der Waals surface area (Å²) < 4.78 is 0. The number of aromatic hydroxyl groups is 1. The molecule has 1 aliphatic carbocycles. The first kappa shape index (κ1) is 13.2. The molecular weight excluding hydrogens is 270 g/mol. The van der Waals surface area contributed by atoms with Crippen LogP contribution in [0.25, 0.3) is 0 Å². The predicted octanol–water partition coefficient (Wildman–Crippen LogP) is 3.57. The lowest BCUT2D eigenvalue weighted by Gasteiger charge is -2.23. The van der Waals surface area contributed by atoms with Crippen molar-refractivity contribution in [3.8, 4) is 5.75 Å². The van der Waals surface area contributed by atoms with Crippen LogP contribution >= 0.6 is 11.3 Å². The van der Waals surface area contributed by atoms with Crippen LogP contribution in [-0.2, 0) is 6.42 Å².